The predicted molar refractivity (Wildman–Crippen MR) is 73.1 cm³/mol. The molecule has 6 heteroatoms. The van der Waals surface area contributed by atoms with E-state index >= 15 is 0 Å². The van der Waals surface area contributed by atoms with Crippen molar-refractivity contribution in [1.29, 1.82) is 0 Å². The van der Waals surface area contributed by atoms with Gasteiger partial charge in [0.15, 0.2) is 0 Å². The third-order valence-corrected chi connectivity index (χ3v) is 2.63. The third-order valence-electron chi connectivity index (χ3n) is 2.32. The van der Waals surface area contributed by atoms with Crippen LogP contribution in [0, 0.1) is 0 Å². The molecule has 100 valence electrons. The summed E-state index contributed by atoms with van der Waals surface area (Å²) >= 11 is 1.56. The molecule has 2 atom stereocenters. The van der Waals surface area contributed by atoms with E-state index in [4.69, 9.17) is 9.84 Å². The van der Waals surface area contributed by atoms with E-state index in [2.05, 4.69) is 5.32 Å². The average Bonchev–Trinajstić information content (AvgIpc) is 2.26. The lowest BCUT2D eigenvalue weighted by Gasteiger charge is -2.18. The molecule has 0 aliphatic heterocycles. The van der Waals surface area contributed by atoms with Crippen LogP contribution in [0.2, 0.25) is 0 Å². The number of ether oxygens (including phenoxy) is 1. The van der Waals surface area contributed by atoms with Crippen molar-refractivity contribution in [2.75, 3.05) is 6.61 Å². The Kier molecular flexibility index (Phi) is 9.43. The number of carbonyl (C=O) groups is 2. The maximum atomic E-state index is 11.6. The third kappa shape index (κ3) is 8.37. The minimum atomic E-state index is -0.564. The largest absolute Gasteiger partial charge is 0.462 e. The van der Waals surface area contributed by atoms with Crippen LogP contribution in [-0.4, -0.2) is 33.7 Å². The highest BCUT2D eigenvalue weighted by Crippen LogP contribution is 2.08. The first-order valence-corrected chi connectivity index (χ1v) is 6.87. The van der Waals surface area contributed by atoms with Crippen LogP contribution < -0.4 is 5.32 Å². The summed E-state index contributed by atoms with van der Waals surface area (Å²) in [6.45, 7) is 3.72. The Bertz CT molecular complexity index is 248. The van der Waals surface area contributed by atoms with Crippen LogP contribution in [0.1, 0.15) is 39.5 Å². The van der Waals surface area contributed by atoms with Gasteiger partial charge in [-0.3, -0.25) is 9.59 Å². The van der Waals surface area contributed by atoms with E-state index in [9.17, 15) is 9.59 Å². The minimum Gasteiger partial charge on any atom is -0.462 e. The van der Waals surface area contributed by atoms with Gasteiger partial charge in [0.1, 0.15) is 6.10 Å². The lowest BCUT2D eigenvalue weighted by Crippen LogP contribution is -2.37. The highest BCUT2D eigenvalue weighted by Gasteiger charge is 2.18. The smallest absolute Gasteiger partial charge is 0.308 e. The Morgan fingerprint density at radius 1 is 1.41 bits per heavy atom. The molecule has 0 rings (SSSR count). The van der Waals surface area contributed by atoms with Crippen LogP contribution in [0.15, 0.2) is 0 Å². The van der Waals surface area contributed by atoms with Crippen LogP contribution >= 0.6 is 22.6 Å². The maximum Gasteiger partial charge on any atom is 0.308 e. The molecule has 0 aromatic carbocycles. The molecule has 0 aromatic heterocycles. The van der Waals surface area contributed by atoms with Crippen LogP contribution in [0.25, 0.3) is 0 Å². The van der Waals surface area contributed by atoms with Gasteiger partial charge in [0.25, 0.3) is 3.91 Å². The fourth-order valence-electron chi connectivity index (χ4n) is 1.43. The van der Waals surface area contributed by atoms with Gasteiger partial charge in [-0.15, -0.1) is 0 Å². The summed E-state index contributed by atoms with van der Waals surface area (Å²) in [7, 11) is 0. The SMILES string of the molecule is CCCC(CC)OC(=O)CC(CO)NC(=O)I. The summed E-state index contributed by atoms with van der Waals surface area (Å²) in [6.07, 6.45) is 2.51. The average molecular weight is 357 g/mol. The molecule has 0 spiro atoms. The van der Waals surface area contributed by atoms with E-state index in [0.717, 1.165) is 19.3 Å². The van der Waals surface area contributed by atoms with Crippen LogP contribution in [0.5, 0.6) is 0 Å². The van der Waals surface area contributed by atoms with E-state index in [1.807, 2.05) is 13.8 Å². The molecule has 5 nitrogen and oxygen atoms in total. The van der Waals surface area contributed by atoms with Gasteiger partial charge in [-0.1, -0.05) is 20.3 Å². The number of aliphatic hydroxyl groups excluding tert-OH is 1. The normalized spacial score (nSPS) is 13.9. The summed E-state index contributed by atoms with van der Waals surface area (Å²) in [5.74, 6) is -0.380. The number of nitrogens with one attached hydrogen (secondary N) is 1. The number of carbonyl (C=O) groups excluding carboxylic acids is 2. The molecule has 0 radical (unpaired) electrons. The number of amides is 1. The standard InChI is InChI=1S/C11H20INO4/c1-3-5-9(4-2)17-10(15)6-8(7-14)13-11(12)16/h8-9,14H,3-7H2,1-2H3,(H,13,16). The zero-order valence-corrected chi connectivity index (χ0v) is 12.4. The lowest BCUT2D eigenvalue weighted by molar-refractivity contribution is -0.150. The molecular weight excluding hydrogens is 337 g/mol. The van der Waals surface area contributed by atoms with Gasteiger partial charge in [0, 0.05) is 22.6 Å². The molecule has 2 N–H and O–H groups in total. The molecule has 0 bridgehead atoms. The zero-order valence-electron chi connectivity index (χ0n) is 10.2. The van der Waals surface area contributed by atoms with Crippen molar-refractivity contribution in [3.8, 4) is 0 Å². The monoisotopic (exact) mass is 357 g/mol. The van der Waals surface area contributed by atoms with E-state index in [0.29, 0.717) is 0 Å². The molecule has 17 heavy (non-hydrogen) atoms. The lowest BCUT2D eigenvalue weighted by atomic mass is 10.1. The summed E-state index contributed by atoms with van der Waals surface area (Å²) in [4.78, 5) is 22.3. The molecule has 0 heterocycles. The molecule has 0 fully saturated rings. The molecule has 1 amide bonds. The first kappa shape index (κ1) is 16.6. The van der Waals surface area contributed by atoms with Gasteiger partial charge in [-0.2, -0.15) is 0 Å². The molecule has 2 unspecified atom stereocenters. The van der Waals surface area contributed by atoms with Gasteiger partial charge in [0.2, 0.25) is 0 Å². The van der Waals surface area contributed by atoms with Crippen molar-refractivity contribution in [3.63, 3.8) is 0 Å². The van der Waals surface area contributed by atoms with Gasteiger partial charge < -0.3 is 15.2 Å². The van der Waals surface area contributed by atoms with Crippen molar-refractivity contribution < 1.29 is 19.4 Å². The number of hydrogen-bond acceptors (Lipinski definition) is 4. The van der Waals surface area contributed by atoms with Gasteiger partial charge in [-0.25, -0.2) is 0 Å². The Morgan fingerprint density at radius 3 is 2.47 bits per heavy atom. The second-order valence-electron chi connectivity index (χ2n) is 3.81. The predicted octanol–water partition coefficient (Wildman–Crippen LogP) is 2.00. The Labute approximate surface area is 115 Å². The summed E-state index contributed by atoms with van der Waals surface area (Å²) < 4.78 is 4.95. The molecule has 0 aliphatic carbocycles. The number of esters is 1. The molecular formula is C11H20INO4. The highest BCUT2D eigenvalue weighted by molar-refractivity contribution is 14.1. The minimum absolute atomic E-state index is 0.00541. The summed E-state index contributed by atoms with van der Waals surface area (Å²) in [5.41, 5.74) is 0. The van der Waals surface area contributed by atoms with E-state index in [1.165, 1.54) is 0 Å². The van der Waals surface area contributed by atoms with E-state index < -0.39 is 6.04 Å². The molecule has 0 saturated carbocycles. The molecule has 0 saturated heterocycles. The van der Waals surface area contributed by atoms with Crippen molar-refractivity contribution in [2.24, 2.45) is 0 Å². The number of rotatable bonds is 8. The first-order valence-electron chi connectivity index (χ1n) is 5.79. The van der Waals surface area contributed by atoms with E-state index in [1.54, 1.807) is 22.6 Å². The first-order chi connectivity index (χ1) is 8.03. The van der Waals surface area contributed by atoms with E-state index in [-0.39, 0.29) is 29.0 Å². The number of hydrogen-bond donors (Lipinski definition) is 2. The van der Waals surface area contributed by atoms with Crippen molar-refractivity contribution in [3.05, 3.63) is 0 Å². The summed E-state index contributed by atoms with van der Waals surface area (Å²) in [5, 5.41) is 11.5. The fourth-order valence-corrected chi connectivity index (χ4v) is 1.87. The highest BCUT2D eigenvalue weighted by atomic mass is 127. The van der Waals surface area contributed by atoms with Gasteiger partial charge >= 0.3 is 5.97 Å². The quantitative estimate of drug-likeness (QED) is 0.302. The maximum absolute atomic E-state index is 11.6. The Hall–Kier alpha value is -0.370. The Balaban J connectivity index is 4.08. The molecule has 0 aromatic rings. The number of halogens is 1. The zero-order chi connectivity index (χ0) is 13.3. The van der Waals surface area contributed by atoms with Crippen LogP contribution in [0.4, 0.5) is 4.79 Å². The van der Waals surface area contributed by atoms with Crippen LogP contribution in [-0.2, 0) is 9.53 Å². The second-order valence-corrected chi connectivity index (χ2v) is 4.79. The van der Waals surface area contributed by atoms with Crippen molar-refractivity contribution in [1.82, 2.24) is 5.32 Å². The Morgan fingerprint density at radius 2 is 2.06 bits per heavy atom. The number of aliphatic hydroxyl groups is 1. The summed E-state index contributed by atoms with van der Waals surface area (Å²) in [6, 6.07) is -0.564. The molecule has 0 aliphatic rings. The van der Waals surface area contributed by atoms with Gasteiger partial charge in [-0.05, 0) is 12.8 Å². The fraction of sp³-hybridized carbons (Fsp3) is 0.818. The van der Waals surface area contributed by atoms with Crippen LogP contribution in [0.3, 0.4) is 0 Å². The topological polar surface area (TPSA) is 75.6 Å². The second kappa shape index (κ2) is 9.64. The van der Waals surface area contributed by atoms with Gasteiger partial charge in [0.05, 0.1) is 19.1 Å². The van der Waals surface area contributed by atoms with Crippen molar-refractivity contribution in [2.45, 2.75) is 51.7 Å². The van der Waals surface area contributed by atoms with Crippen molar-refractivity contribution >= 4 is 32.5 Å².